The Morgan fingerprint density at radius 1 is 1.15 bits per heavy atom. The summed E-state index contributed by atoms with van der Waals surface area (Å²) in [6, 6.07) is 15.1. The van der Waals surface area contributed by atoms with Gasteiger partial charge in [0, 0.05) is 26.3 Å². The second kappa shape index (κ2) is 7.93. The molecular weight excluding hydrogens is 350 g/mol. The monoisotopic (exact) mass is 369 g/mol. The molecule has 0 spiro atoms. The molecule has 0 radical (unpaired) electrons. The molecule has 1 aromatic heterocycles. The van der Waals surface area contributed by atoms with Gasteiger partial charge in [0.2, 0.25) is 0 Å². The van der Waals surface area contributed by atoms with Crippen LogP contribution in [0.4, 0.5) is 16.2 Å². The van der Waals surface area contributed by atoms with E-state index in [4.69, 9.17) is 11.6 Å². The van der Waals surface area contributed by atoms with Crippen LogP contribution in [0.5, 0.6) is 0 Å². The Labute approximate surface area is 157 Å². The fourth-order valence-electron chi connectivity index (χ4n) is 2.43. The van der Waals surface area contributed by atoms with Crippen LogP contribution in [-0.2, 0) is 6.54 Å². The highest BCUT2D eigenvalue weighted by Gasteiger charge is 2.07. The highest BCUT2D eigenvalue weighted by molar-refractivity contribution is 6.32. The maximum absolute atomic E-state index is 12.1. The largest absolute Gasteiger partial charge is 0.378 e. The first-order valence-electron chi connectivity index (χ1n) is 8.13. The number of anilines is 2. The second-order valence-electron chi connectivity index (χ2n) is 5.99. The Morgan fingerprint density at radius 2 is 1.88 bits per heavy atom. The Balaban J connectivity index is 1.56. The highest BCUT2D eigenvalue weighted by atomic mass is 35.5. The fourth-order valence-corrected chi connectivity index (χ4v) is 2.65. The molecule has 2 N–H and O–H groups in total. The Kier molecular flexibility index (Phi) is 5.43. The van der Waals surface area contributed by atoms with Crippen LogP contribution >= 0.6 is 11.6 Å². The summed E-state index contributed by atoms with van der Waals surface area (Å²) in [7, 11) is 3.98. The number of halogens is 1. The molecule has 0 aliphatic heterocycles. The SMILES string of the molecule is CN(C)c1ccc(CNC(=O)Nc2cnn(-c3ccccc3Cl)c2)cc1. The molecule has 0 aliphatic carbocycles. The smallest absolute Gasteiger partial charge is 0.319 e. The number of nitrogens with one attached hydrogen (secondary N) is 2. The molecule has 0 saturated carbocycles. The molecule has 0 saturated heterocycles. The molecule has 7 heteroatoms. The average molecular weight is 370 g/mol. The summed E-state index contributed by atoms with van der Waals surface area (Å²) >= 11 is 6.16. The van der Waals surface area contributed by atoms with Crippen molar-refractivity contribution < 1.29 is 4.79 Å². The molecular formula is C19H20ClN5O. The standard InChI is InChI=1S/C19H20ClN5O/c1-24(2)16-9-7-14(8-10-16)11-21-19(26)23-15-12-22-25(13-15)18-6-4-3-5-17(18)20/h3-10,12-13H,11H2,1-2H3,(H2,21,23,26). The van der Waals surface area contributed by atoms with Crippen molar-refractivity contribution in [3.8, 4) is 5.69 Å². The van der Waals surface area contributed by atoms with Gasteiger partial charge < -0.3 is 15.5 Å². The number of carbonyl (C=O) groups is 1. The third kappa shape index (κ3) is 4.34. The molecule has 0 bridgehead atoms. The van der Waals surface area contributed by atoms with Crippen LogP contribution in [0.15, 0.2) is 60.9 Å². The maximum atomic E-state index is 12.1. The first kappa shape index (κ1) is 17.8. The Hall–Kier alpha value is -2.99. The van der Waals surface area contributed by atoms with E-state index in [9.17, 15) is 4.79 Å². The van der Waals surface area contributed by atoms with Gasteiger partial charge in [0.15, 0.2) is 0 Å². The van der Waals surface area contributed by atoms with Crippen molar-refractivity contribution in [3.63, 3.8) is 0 Å². The average Bonchev–Trinajstić information content (AvgIpc) is 3.09. The zero-order valence-corrected chi connectivity index (χ0v) is 15.4. The second-order valence-corrected chi connectivity index (χ2v) is 6.40. The number of urea groups is 1. The highest BCUT2D eigenvalue weighted by Crippen LogP contribution is 2.20. The molecule has 3 rings (SSSR count). The van der Waals surface area contributed by atoms with Gasteiger partial charge in [-0.3, -0.25) is 0 Å². The van der Waals surface area contributed by atoms with Crippen molar-refractivity contribution in [2.45, 2.75) is 6.54 Å². The first-order valence-corrected chi connectivity index (χ1v) is 8.51. The lowest BCUT2D eigenvalue weighted by Crippen LogP contribution is -2.28. The van der Waals surface area contributed by atoms with Gasteiger partial charge >= 0.3 is 6.03 Å². The van der Waals surface area contributed by atoms with Crippen molar-refractivity contribution in [1.29, 1.82) is 0 Å². The van der Waals surface area contributed by atoms with Gasteiger partial charge in [0.25, 0.3) is 0 Å². The van der Waals surface area contributed by atoms with Crippen molar-refractivity contribution in [2.24, 2.45) is 0 Å². The molecule has 0 fully saturated rings. The van der Waals surface area contributed by atoms with Gasteiger partial charge in [-0.2, -0.15) is 5.10 Å². The molecule has 3 aromatic rings. The van der Waals surface area contributed by atoms with Gasteiger partial charge in [0.05, 0.1) is 28.8 Å². The van der Waals surface area contributed by atoms with E-state index in [0.717, 1.165) is 16.9 Å². The van der Waals surface area contributed by atoms with Gasteiger partial charge in [-0.1, -0.05) is 35.9 Å². The third-order valence-electron chi connectivity index (χ3n) is 3.85. The van der Waals surface area contributed by atoms with Crippen LogP contribution in [0, 0.1) is 0 Å². The van der Waals surface area contributed by atoms with E-state index in [2.05, 4.69) is 15.7 Å². The molecule has 0 unspecified atom stereocenters. The molecule has 26 heavy (non-hydrogen) atoms. The summed E-state index contributed by atoms with van der Waals surface area (Å²) in [5.41, 5.74) is 3.48. The van der Waals surface area contributed by atoms with Gasteiger partial charge in [-0.15, -0.1) is 0 Å². The summed E-state index contributed by atoms with van der Waals surface area (Å²) in [5.74, 6) is 0. The lowest BCUT2D eigenvalue weighted by atomic mass is 10.2. The van der Waals surface area contributed by atoms with E-state index in [1.54, 1.807) is 23.1 Å². The topological polar surface area (TPSA) is 62.2 Å². The minimum Gasteiger partial charge on any atom is -0.378 e. The number of hydrogen-bond acceptors (Lipinski definition) is 3. The van der Waals surface area contributed by atoms with E-state index in [-0.39, 0.29) is 6.03 Å². The summed E-state index contributed by atoms with van der Waals surface area (Å²) in [5, 5.41) is 10.4. The van der Waals surface area contributed by atoms with E-state index < -0.39 is 0 Å². The minimum absolute atomic E-state index is 0.291. The normalized spacial score (nSPS) is 10.4. The molecule has 1 heterocycles. The summed E-state index contributed by atoms with van der Waals surface area (Å²) < 4.78 is 1.62. The van der Waals surface area contributed by atoms with Crippen LogP contribution in [0.2, 0.25) is 5.02 Å². The van der Waals surface area contributed by atoms with Crippen LogP contribution < -0.4 is 15.5 Å². The number of rotatable bonds is 5. The summed E-state index contributed by atoms with van der Waals surface area (Å²) in [4.78, 5) is 14.1. The number of benzene rings is 2. The van der Waals surface area contributed by atoms with Gasteiger partial charge in [-0.05, 0) is 29.8 Å². The quantitative estimate of drug-likeness (QED) is 0.716. The molecule has 0 atom stereocenters. The Morgan fingerprint density at radius 3 is 2.58 bits per heavy atom. The zero-order chi connectivity index (χ0) is 18.5. The van der Waals surface area contributed by atoms with E-state index in [1.165, 1.54) is 0 Å². The minimum atomic E-state index is -0.291. The maximum Gasteiger partial charge on any atom is 0.319 e. The summed E-state index contributed by atoms with van der Waals surface area (Å²) in [6.45, 7) is 0.443. The van der Waals surface area contributed by atoms with Crippen LogP contribution in [0.1, 0.15) is 5.56 Å². The molecule has 6 nitrogen and oxygen atoms in total. The predicted molar refractivity (Wildman–Crippen MR) is 105 cm³/mol. The number of hydrogen-bond donors (Lipinski definition) is 2. The number of carbonyl (C=O) groups excluding carboxylic acids is 1. The van der Waals surface area contributed by atoms with Crippen molar-refractivity contribution in [1.82, 2.24) is 15.1 Å². The van der Waals surface area contributed by atoms with Crippen LogP contribution in [0.3, 0.4) is 0 Å². The summed E-state index contributed by atoms with van der Waals surface area (Å²) in [6.07, 6.45) is 3.29. The molecule has 2 aromatic carbocycles. The van der Waals surface area contributed by atoms with Crippen molar-refractivity contribution >= 4 is 29.0 Å². The van der Waals surface area contributed by atoms with Crippen LogP contribution in [0.25, 0.3) is 5.69 Å². The molecule has 0 aliphatic rings. The van der Waals surface area contributed by atoms with E-state index >= 15 is 0 Å². The lowest BCUT2D eigenvalue weighted by molar-refractivity contribution is 0.251. The number of amides is 2. The number of aromatic nitrogens is 2. The molecule has 134 valence electrons. The van der Waals surface area contributed by atoms with E-state index in [0.29, 0.717) is 17.3 Å². The zero-order valence-electron chi connectivity index (χ0n) is 14.6. The van der Waals surface area contributed by atoms with Crippen molar-refractivity contribution in [3.05, 3.63) is 71.5 Å². The number of para-hydroxylation sites is 1. The van der Waals surface area contributed by atoms with Crippen LogP contribution in [-0.4, -0.2) is 29.9 Å². The molecule has 2 amide bonds. The third-order valence-corrected chi connectivity index (χ3v) is 4.17. The van der Waals surface area contributed by atoms with Gasteiger partial charge in [0.1, 0.15) is 0 Å². The lowest BCUT2D eigenvalue weighted by Gasteiger charge is -2.13. The van der Waals surface area contributed by atoms with Gasteiger partial charge in [-0.25, -0.2) is 9.48 Å². The number of nitrogens with zero attached hydrogens (tertiary/aromatic N) is 3. The first-order chi connectivity index (χ1) is 12.5. The predicted octanol–water partition coefficient (Wildman–Crippen LogP) is 3.91. The van der Waals surface area contributed by atoms with Crippen molar-refractivity contribution in [2.75, 3.05) is 24.3 Å². The fraction of sp³-hybridized carbons (Fsp3) is 0.158. The Bertz CT molecular complexity index is 889. The van der Waals surface area contributed by atoms with E-state index in [1.807, 2.05) is 61.5 Å².